The molecule has 23 aromatic rings. The summed E-state index contributed by atoms with van der Waals surface area (Å²) in [6.07, 6.45) is 0. The maximum atomic E-state index is 6.31. The highest BCUT2D eigenvalue weighted by Crippen LogP contribution is 2.45. The summed E-state index contributed by atoms with van der Waals surface area (Å²) in [5.41, 5.74) is 16.4. The largest absolute Gasteiger partial charge is 0.456 e. The number of hydrogen-bond donors (Lipinski definition) is 0. The molecule has 7 nitrogen and oxygen atoms in total. The third kappa shape index (κ3) is 9.25. The lowest BCUT2D eigenvalue weighted by Gasteiger charge is -2.15. The molecule has 0 saturated carbocycles. The zero-order chi connectivity index (χ0) is 68.8. The van der Waals surface area contributed by atoms with E-state index in [9.17, 15) is 0 Å². The molecule has 0 saturated heterocycles. The maximum Gasteiger partial charge on any atom is 0.161 e. The molecule has 5 heterocycles. The molecule has 7 heteroatoms. The van der Waals surface area contributed by atoms with Crippen LogP contribution in [0.25, 0.3) is 219 Å². The molecule has 0 fully saturated rings. The fraction of sp³-hybridized carbons (Fsp3) is 0. The first-order valence-electron chi connectivity index (χ1n) is 35.7. The number of benzene rings is 18. The van der Waals surface area contributed by atoms with Crippen molar-refractivity contribution >= 4 is 163 Å². The van der Waals surface area contributed by atoms with Gasteiger partial charge in [0.15, 0.2) is 11.6 Å². The third-order valence-electron chi connectivity index (χ3n) is 21.7. The van der Waals surface area contributed by atoms with E-state index in [4.69, 9.17) is 24.4 Å². The first kappa shape index (κ1) is 58.6. The monoisotopic (exact) mass is 1330 g/mol. The number of para-hydroxylation sites is 3. The van der Waals surface area contributed by atoms with Crippen molar-refractivity contribution in [2.45, 2.75) is 0 Å². The van der Waals surface area contributed by atoms with Crippen LogP contribution in [-0.2, 0) is 0 Å². The molecule has 23 rings (SSSR count). The van der Waals surface area contributed by atoms with Gasteiger partial charge in [-0.25, -0.2) is 19.9 Å². The lowest BCUT2D eigenvalue weighted by molar-refractivity contribution is 0.669. The Morgan fingerprint density at radius 2 is 0.752 bits per heavy atom. The molecule has 105 heavy (non-hydrogen) atoms. The van der Waals surface area contributed by atoms with Gasteiger partial charge in [0.2, 0.25) is 0 Å². The van der Waals surface area contributed by atoms with E-state index >= 15 is 0 Å². The zero-order valence-electron chi connectivity index (χ0n) is 56.6. The molecule has 0 unspecified atom stereocenters. The van der Waals surface area contributed by atoms with Crippen LogP contribution >= 0.6 is 0 Å². The Morgan fingerprint density at radius 3 is 1.50 bits per heavy atom. The van der Waals surface area contributed by atoms with E-state index in [0.29, 0.717) is 11.6 Å². The second kappa shape index (κ2) is 23.2. The lowest BCUT2D eigenvalue weighted by Crippen LogP contribution is -1.99. The minimum absolute atomic E-state index is 0.690. The van der Waals surface area contributed by atoms with Crippen LogP contribution in [0.4, 0.5) is 0 Å². The van der Waals surface area contributed by atoms with Crippen molar-refractivity contribution in [1.29, 1.82) is 0 Å². The molecular formula is C98H58N6O. The summed E-state index contributed by atoms with van der Waals surface area (Å²) in [5.74, 6) is 1.40. The molecule has 0 radical (unpaired) electrons. The van der Waals surface area contributed by atoms with E-state index in [2.05, 4.69) is 343 Å². The fourth-order valence-electron chi connectivity index (χ4n) is 16.9. The fourth-order valence-corrected chi connectivity index (χ4v) is 16.9. The van der Waals surface area contributed by atoms with Gasteiger partial charge in [0.05, 0.1) is 50.2 Å². The van der Waals surface area contributed by atoms with Gasteiger partial charge in [-0.1, -0.05) is 261 Å². The van der Waals surface area contributed by atoms with Crippen molar-refractivity contribution in [3.05, 3.63) is 352 Å². The SMILES string of the molecule is c1cc(-c2nc(-c3cc4ccccc4c4ccccc34)c3ccccc3n2)cc(-n2c3cc4ccccc4cc3c3ccc4ccccc4c32)c1.c1ccc2cc3c(cc2c1)c1c2ccccc2ccc1n3-c1ccc(-c2nc(-c3ccc4c(c3)oc3ccccc34)c3ccccc3n2)c2ccccc12. The Kier molecular flexibility index (Phi) is 13.0. The smallest absolute Gasteiger partial charge is 0.161 e. The second-order valence-corrected chi connectivity index (χ2v) is 27.5. The van der Waals surface area contributed by atoms with Crippen molar-refractivity contribution in [1.82, 2.24) is 29.1 Å². The number of aromatic nitrogens is 6. The van der Waals surface area contributed by atoms with Crippen LogP contribution in [0.3, 0.4) is 0 Å². The number of fused-ring (bicyclic) bond motifs is 21. The lowest BCUT2D eigenvalue weighted by atomic mass is 9.94. The summed E-state index contributed by atoms with van der Waals surface area (Å²) in [7, 11) is 0. The van der Waals surface area contributed by atoms with Gasteiger partial charge in [-0.05, 0) is 156 Å². The van der Waals surface area contributed by atoms with Gasteiger partial charge in [0.25, 0.3) is 0 Å². The molecule has 5 aromatic heterocycles. The standard InChI is InChI=1S/C50H29N3O.C48H29N3/c1-2-13-32-28-45-41(27-31(32)12-1)48-34-14-4-3-11-30(34)22-25-44(48)53(45)43-26-24-39(35-15-5-6-16-36(35)43)50-51-42-19-9-7-18-40(42)49(52-50)33-21-23-38-37-17-8-10-20-46(37)54-47(38)29-33;1-2-14-32-29-45-42(27-31(32)13-1)40-25-24-30-12-3-6-19-37(30)47(40)51(45)35-17-11-16-34(26-35)48-49-44-23-10-9-22-41(44)46(50-48)43-28-33-15-4-5-18-36(33)38-20-7-8-21-39(38)43/h1-29H;1-29H. The topological polar surface area (TPSA) is 74.6 Å². The Balaban J connectivity index is 0.000000132. The van der Waals surface area contributed by atoms with Gasteiger partial charge >= 0.3 is 0 Å². The summed E-state index contributed by atoms with van der Waals surface area (Å²) in [6.45, 7) is 0. The number of rotatable bonds is 6. The van der Waals surface area contributed by atoms with E-state index < -0.39 is 0 Å². The van der Waals surface area contributed by atoms with Crippen LogP contribution in [0.15, 0.2) is 356 Å². The number of furan rings is 1. The van der Waals surface area contributed by atoms with E-state index in [1.807, 2.05) is 18.2 Å². The summed E-state index contributed by atoms with van der Waals surface area (Å²) in [6, 6.07) is 126. The van der Waals surface area contributed by atoms with Crippen molar-refractivity contribution in [3.8, 4) is 56.7 Å². The quantitative estimate of drug-likeness (QED) is 0.155. The molecular weight excluding hydrogens is 1280 g/mol. The predicted octanol–water partition coefficient (Wildman–Crippen LogP) is 26.1. The number of nitrogens with zero attached hydrogens (tertiary/aromatic N) is 6. The summed E-state index contributed by atoms with van der Waals surface area (Å²) in [4.78, 5) is 21.2. The highest BCUT2D eigenvalue weighted by atomic mass is 16.3. The minimum atomic E-state index is 0.690. The van der Waals surface area contributed by atoms with Gasteiger partial charge in [0, 0.05) is 81.8 Å². The number of hydrogen-bond acceptors (Lipinski definition) is 5. The van der Waals surface area contributed by atoms with Crippen LogP contribution in [0.1, 0.15) is 0 Å². The van der Waals surface area contributed by atoms with Gasteiger partial charge in [-0.15, -0.1) is 0 Å². The second-order valence-electron chi connectivity index (χ2n) is 27.5. The first-order chi connectivity index (χ1) is 52.0. The molecule has 0 amide bonds. The Labute approximate surface area is 601 Å². The van der Waals surface area contributed by atoms with Gasteiger partial charge < -0.3 is 13.6 Å². The average molecular weight is 1340 g/mol. The Morgan fingerprint density at radius 1 is 0.229 bits per heavy atom. The third-order valence-corrected chi connectivity index (χ3v) is 21.7. The molecule has 18 aromatic carbocycles. The van der Waals surface area contributed by atoms with Gasteiger partial charge in [-0.3, -0.25) is 0 Å². The van der Waals surface area contributed by atoms with Crippen LogP contribution in [0, 0.1) is 0 Å². The van der Waals surface area contributed by atoms with Crippen molar-refractivity contribution in [3.63, 3.8) is 0 Å². The first-order valence-corrected chi connectivity index (χ1v) is 35.7. The van der Waals surface area contributed by atoms with E-state index in [1.54, 1.807) is 0 Å². The molecule has 0 aliphatic carbocycles. The van der Waals surface area contributed by atoms with Crippen LogP contribution in [0.5, 0.6) is 0 Å². The van der Waals surface area contributed by atoms with E-state index in [1.165, 1.54) is 108 Å². The Bertz CT molecular complexity index is 7630. The normalized spacial score (nSPS) is 12.0. The zero-order valence-corrected chi connectivity index (χ0v) is 56.6. The van der Waals surface area contributed by atoms with Gasteiger partial charge in [0.1, 0.15) is 11.2 Å². The summed E-state index contributed by atoms with van der Waals surface area (Å²) in [5, 5.41) is 26.2. The van der Waals surface area contributed by atoms with Crippen molar-refractivity contribution in [2.24, 2.45) is 0 Å². The van der Waals surface area contributed by atoms with E-state index in [0.717, 1.165) is 99.5 Å². The summed E-state index contributed by atoms with van der Waals surface area (Å²) < 4.78 is 11.2. The van der Waals surface area contributed by atoms with Crippen LogP contribution in [0.2, 0.25) is 0 Å². The minimum Gasteiger partial charge on any atom is -0.456 e. The van der Waals surface area contributed by atoms with Gasteiger partial charge in [-0.2, -0.15) is 0 Å². The molecule has 0 spiro atoms. The van der Waals surface area contributed by atoms with Crippen molar-refractivity contribution < 1.29 is 4.42 Å². The van der Waals surface area contributed by atoms with Crippen LogP contribution < -0.4 is 0 Å². The molecule has 486 valence electrons. The predicted molar refractivity (Wildman–Crippen MR) is 439 cm³/mol. The van der Waals surface area contributed by atoms with E-state index in [-0.39, 0.29) is 0 Å². The van der Waals surface area contributed by atoms with Crippen molar-refractivity contribution in [2.75, 3.05) is 0 Å². The molecule has 0 bridgehead atoms. The molecule has 0 N–H and O–H groups in total. The Hall–Kier alpha value is -14.1. The maximum absolute atomic E-state index is 6.31. The molecule has 0 aliphatic rings. The molecule has 0 atom stereocenters. The summed E-state index contributed by atoms with van der Waals surface area (Å²) >= 11 is 0. The van der Waals surface area contributed by atoms with Crippen LogP contribution in [-0.4, -0.2) is 29.1 Å². The average Bonchev–Trinajstić information content (AvgIpc) is 1.55. The highest BCUT2D eigenvalue weighted by Gasteiger charge is 2.24. The molecule has 0 aliphatic heterocycles. The highest BCUT2D eigenvalue weighted by molar-refractivity contribution is 6.25.